The van der Waals surface area contributed by atoms with Crippen LogP contribution in [-0.2, 0) is 6.54 Å². The number of carbonyl (C=O) groups is 1. The number of guanidine groups is 1. The van der Waals surface area contributed by atoms with Gasteiger partial charge in [0.25, 0.3) is 5.91 Å². The molecule has 3 heterocycles. The van der Waals surface area contributed by atoms with Crippen LogP contribution in [0.3, 0.4) is 0 Å². The van der Waals surface area contributed by atoms with E-state index in [-0.39, 0.29) is 5.91 Å². The fraction of sp³-hybridized carbons (Fsp3) is 0.476. The summed E-state index contributed by atoms with van der Waals surface area (Å²) >= 11 is 1.67. The zero-order valence-electron chi connectivity index (χ0n) is 16.7. The SMILES string of the molecule is NC(=NCc1ccc(C(=O)N2CCCCC2)cc1)N1CCN(c2nccs2)CC1. The van der Waals surface area contributed by atoms with Crippen molar-refractivity contribution in [3.63, 3.8) is 0 Å². The molecular weight excluding hydrogens is 384 g/mol. The molecule has 0 radical (unpaired) electrons. The molecule has 154 valence electrons. The number of thiazole rings is 1. The van der Waals surface area contributed by atoms with Gasteiger partial charge in [-0.1, -0.05) is 12.1 Å². The summed E-state index contributed by atoms with van der Waals surface area (Å²) in [7, 11) is 0. The van der Waals surface area contributed by atoms with Gasteiger partial charge in [-0.25, -0.2) is 9.98 Å². The zero-order chi connectivity index (χ0) is 20.1. The molecule has 1 aromatic carbocycles. The molecule has 0 saturated carbocycles. The average Bonchev–Trinajstić information content (AvgIpc) is 3.33. The number of hydrogen-bond acceptors (Lipinski definition) is 5. The van der Waals surface area contributed by atoms with Crippen LogP contribution in [0.5, 0.6) is 0 Å². The lowest BCUT2D eigenvalue weighted by Crippen LogP contribution is -2.51. The van der Waals surface area contributed by atoms with Gasteiger partial charge in [-0.15, -0.1) is 11.3 Å². The minimum Gasteiger partial charge on any atom is -0.370 e. The van der Waals surface area contributed by atoms with E-state index in [1.165, 1.54) is 6.42 Å². The molecule has 2 aromatic rings. The summed E-state index contributed by atoms with van der Waals surface area (Å²) in [5, 5.41) is 3.07. The number of likely N-dealkylation sites (tertiary alicyclic amines) is 1. The molecule has 2 saturated heterocycles. The van der Waals surface area contributed by atoms with Crippen LogP contribution in [0.4, 0.5) is 5.13 Å². The number of hydrogen-bond donors (Lipinski definition) is 1. The van der Waals surface area contributed by atoms with Gasteiger partial charge in [0.05, 0.1) is 6.54 Å². The molecule has 2 aliphatic heterocycles. The van der Waals surface area contributed by atoms with Gasteiger partial charge in [0, 0.05) is 56.4 Å². The van der Waals surface area contributed by atoms with E-state index in [2.05, 4.69) is 19.8 Å². The summed E-state index contributed by atoms with van der Waals surface area (Å²) in [5.74, 6) is 0.717. The smallest absolute Gasteiger partial charge is 0.253 e. The quantitative estimate of drug-likeness (QED) is 0.616. The van der Waals surface area contributed by atoms with Gasteiger partial charge in [-0.3, -0.25) is 4.79 Å². The fourth-order valence-electron chi connectivity index (χ4n) is 3.80. The second-order valence-corrected chi connectivity index (χ2v) is 8.39. The van der Waals surface area contributed by atoms with Crippen LogP contribution in [0.2, 0.25) is 0 Å². The van der Waals surface area contributed by atoms with Crippen molar-refractivity contribution in [1.29, 1.82) is 0 Å². The van der Waals surface area contributed by atoms with Crippen molar-refractivity contribution in [2.24, 2.45) is 10.7 Å². The summed E-state index contributed by atoms with van der Waals surface area (Å²) in [4.78, 5) is 27.9. The highest BCUT2D eigenvalue weighted by Gasteiger charge is 2.20. The number of benzene rings is 1. The monoisotopic (exact) mass is 412 g/mol. The zero-order valence-corrected chi connectivity index (χ0v) is 17.5. The van der Waals surface area contributed by atoms with E-state index in [4.69, 9.17) is 5.73 Å². The Balaban J connectivity index is 1.29. The summed E-state index contributed by atoms with van der Waals surface area (Å²) in [6.45, 7) is 5.76. The first-order valence-electron chi connectivity index (χ1n) is 10.3. The molecule has 7 nitrogen and oxygen atoms in total. The molecule has 1 amide bonds. The Kier molecular flexibility index (Phi) is 6.29. The maximum Gasteiger partial charge on any atom is 0.253 e. The van der Waals surface area contributed by atoms with Gasteiger partial charge in [-0.2, -0.15) is 0 Å². The van der Waals surface area contributed by atoms with Gasteiger partial charge >= 0.3 is 0 Å². The van der Waals surface area contributed by atoms with Crippen LogP contribution in [-0.4, -0.2) is 65.9 Å². The Hall–Kier alpha value is -2.61. The van der Waals surface area contributed by atoms with Gasteiger partial charge in [0.1, 0.15) is 0 Å². The molecule has 2 fully saturated rings. The third kappa shape index (κ3) is 4.87. The molecule has 0 atom stereocenters. The number of nitrogens with two attached hydrogens (primary N) is 1. The van der Waals surface area contributed by atoms with E-state index in [9.17, 15) is 4.79 Å². The first-order chi connectivity index (χ1) is 14.2. The molecule has 2 aliphatic rings. The molecule has 0 aliphatic carbocycles. The number of nitrogens with zero attached hydrogens (tertiary/aromatic N) is 5. The molecule has 29 heavy (non-hydrogen) atoms. The van der Waals surface area contributed by atoms with Crippen molar-refractivity contribution in [3.05, 3.63) is 47.0 Å². The van der Waals surface area contributed by atoms with E-state index in [1.54, 1.807) is 11.3 Å². The molecule has 0 unspecified atom stereocenters. The fourth-order valence-corrected chi connectivity index (χ4v) is 4.50. The Bertz CT molecular complexity index is 821. The normalized spacial score (nSPS) is 18.2. The maximum atomic E-state index is 12.6. The third-order valence-corrected chi connectivity index (χ3v) is 6.39. The molecule has 4 rings (SSSR count). The topological polar surface area (TPSA) is 78.1 Å². The molecule has 0 spiro atoms. The van der Waals surface area contributed by atoms with Crippen molar-refractivity contribution in [1.82, 2.24) is 14.8 Å². The van der Waals surface area contributed by atoms with Crippen molar-refractivity contribution >= 4 is 28.3 Å². The van der Waals surface area contributed by atoms with E-state index in [0.717, 1.165) is 68.4 Å². The van der Waals surface area contributed by atoms with Crippen LogP contribution in [0.15, 0.2) is 40.8 Å². The number of aliphatic imine (C=N–C) groups is 1. The van der Waals surface area contributed by atoms with Crippen molar-refractivity contribution in [3.8, 4) is 0 Å². The van der Waals surface area contributed by atoms with Gasteiger partial charge in [0.15, 0.2) is 11.1 Å². The Labute approximate surface area is 175 Å². The minimum absolute atomic E-state index is 0.136. The minimum atomic E-state index is 0.136. The standard InChI is InChI=1S/C21H28N6OS/c22-20(26-11-13-27(14-12-26)21-23-8-15-29-21)24-16-17-4-6-18(7-5-17)19(28)25-9-2-1-3-10-25/h4-8,15H,1-3,9-14,16H2,(H2,22,24). The number of carbonyl (C=O) groups excluding carboxylic acids is 1. The summed E-state index contributed by atoms with van der Waals surface area (Å²) in [6, 6.07) is 7.78. The first-order valence-corrected chi connectivity index (χ1v) is 11.2. The maximum absolute atomic E-state index is 12.6. The van der Waals surface area contributed by atoms with Crippen molar-refractivity contribution in [2.45, 2.75) is 25.8 Å². The van der Waals surface area contributed by atoms with Crippen LogP contribution in [0.1, 0.15) is 35.2 Å². The van der Waals surface area contributed by atoms with Gasteiger partial charge < -0.3 is 20.4 Å². The second-order valence-electron chi connectivity index (χ2n) is 7.51. The lowest BCUT2D eigenvalue weighted by atomic mass is 10.1. The molecule has 2 N–H and O–H groups in total. The second kappa shape index (κ2) is 9.26. The van der Waals surface area contributed by atoms with E-state index in [0.29, 0.717) is 12.5 Å². The van der Waals surface area contributed by atoms with E-state index >= 15 is 0 Å². The first kappa shape index (κ1) is 19.7. The number of rotatable bonds is 4. The number of piperazine rings is 1. The van der Waals surface area contributed by atoms with Crippen LogP contribution in [0, 0.1) is 0 Å². The number of amides is 1. The number of aromatic nitrogens is 1. The summed E-state index contributed by atoms with van der Waals surface area (Å²) < 4.78 is 0. The van der Waals surface area contributed by atoms with E-state index < -0.39 is 0 Å². The van der Waals surface area contributed by atoms with Crippen molar-refractivity contribution < 1.29 is 4.79 Å². The predicted molar refractivity (Wildman–Crippen MR) is 117 cm³/mol. The lowest BCUT2D eigenvalue weighted by molar-refractivity contribution is 0.0724. The Morgan fingerprint density at radius 2 is 1.72 bits per heavy atom. The van der Waals surface area contributed by atoms with Crippen molar-refractivity contribution in [2.75, 3.05) is 44.2 Å². The Morgan fingerprint density at radius 3 is 2.38 bits per heavy atom. The molecule has 1 aromatic heterocycles. The highest BCUT2D eigenvalue weighted by Crippen LogP contribution is 2.19. The summed E-state index contributed by atoms with van der Waals surface area (Å²) in [6.07, 6.45) is 5.28. The lowest BCUT2D eigenvalue weighted by Gasteiger charge is -2.35. The summed E-state index contributed by atoms with van der Waals surface area (Å²) in [5.41, 5.74) is 8.03. The van der Waals surface area contributed by atoms with Crippen LogP contribution >= 0.6 is 11.3 Å². The number of piperidine rings is 1. The third-order valence-electron chi connectivity index (χ3n) is 5.56. The molecular formula is C21H28N6OS. The predicted octanol–water partition coefficient (Wildman–Crippen LogP) is 2.41. The van der Waals surface area contributed by atoms with Crippen LogP contribution in [0.25, 0.3) is 0 Å². The number of anilines is 1. The highest BCUT2D eigenvalue weighted by atomic mass is 32.1. The average molecular weight is 413 g/mol. The molecule has 8 heteroatoms. The largest absolute Gasteiger partial charge is 0.370 e. The Morgan fingerprint density at radius 1 is 1.00 bits per heavy atom. The highest BCUT2D eigenvalue weighted by molar-refractivity contribution is 7.13. The molecule has 0 bridgehead atoms. The van der Waals surface area contributed by atoms with Gasteiger partial charge in [-0.05, 0) is 37.0 Å². The van der Waals surface area contributed by atoms with Gasteiger partial charge in [0.2, 0.25) is 0 Å². The van der Waals surface area contributed by atoms with E-state index in [1.807, 2.05) is 40.7 Å². The van der Waals surface area contributed by atoms with Crippen LogP contribution < -0.4 is 10.6 Å².